The van der Waals surface area contributed by atoms with Crippen LogP contribution >= 0.6 is 0 Å². The average Bonchev–Trinajstić information content (AvgIpc) is 2.40. The van der Waals surface area contributed by atoms with E-state index >= 15 is 0 Å². The monoisotopic (exact) mass is 279 g/mol. The molecule has 3 atom stereocenters. The molecule has 1 fully saturated rings. The van der Waals surface area contributed by atoms with Crippen LogP contribution in [-0.4, -0.2) is 48.6 Å². The second kappa shape index (κ2) is 6.20. The Hall–Kier alpha value is -0.970. The lowest BCUT2D eigenvalue weighted by Gasteiger charge is -2.45. The van der Waals surface area contributed by atoms with Gasteiger partial charge in [-0.25, -0.2) is 4.39 Å². The summed E-state index contributed by atoms with van der Waals surface area (Å²) in [6.45, 7) is 8.72. The van der Waals surface area contributed by atoms with Crippen molar-refractivity contribution in [2.75, 3.05) is 26.7 Å². The van der Waals surface area contributed by atoms with Gasteiger partial charge in [0.15, 0.2) is 0 Å². The molecule has 1 aromatic carbocycles. The number of hydrogen-bond acceptors (Lipinski definition) is 3. The minimum absolute atomic E-state index is 0.0338. The number of rotatable bonds is 3. The first-order valence-electron chi connectivity index (χ1n) is 7.36. The number of aryl methyl sites for hydroxylation is 1. The number of halogens is 1. The van der Waals surface area contributed by atoms with E-state index in [1.807, 2.05) is 19.1 Å². The topological polar surface area (TPSA) is 32.5 Å². The van der Waals surface area contributed by atoms with Gasteiger partial charge in [-0.15, -0.1) is 0 Å². The predicted molar refractivity (Wildman–Crippen MR) is 81.2 cm³/mol. The molecule has 1 aromatic rings. The van der Waals surface area contributed by atoms with Crippen LogP contribution in [-0.2, 0) is 0 Å². The molecule has 4 heteroatoms. The van der Waals surface area contributed by atoms with Gasteiger partial charge in [0.05, 0.1) is 6.04 Å². The lowest BCUT2D eigenvalue weighted by atomic mass is 9.99. The summed E-state index contributed by atoms with van der Waals surface area (Å²) in [6, 6.07) is 6.17. The van der Waals surface area contributed by atoms with E-state index in [0.717, 1.165) is 24.2 Å². The van der Waals surface area contributed by atoms with Crippen molar-refractivity contribution in [1.82, 2.24) is 9.80 Å². The van der Waals surface area contributed by atoms with Gasteiger partial charge in [-0.05, 0) is 33.9 Å². The van der Waals surface area contributed by atoms with Gasteiger partial charge in [-0.2, -0.15) is 0 Å². The molecule has 2 rings (SSSR count). The van der Waals surface area contributed by atoms with E-state index < -0.39 is 0 Å². The van der Waals surface area contributed by atoms with Crippen molar-refractivity contribution in [1.29, 1.82) is 0 Å². The first-order valence-corrected chi connectivity index (χ1v) is 7.36. The molecule has 3 nitrogen and oxygen atoms in total. The van der Waals surface area contributed by atoms with Crippen molar-refractivity contribution < 1.29 is 4.39 Å². The molecule has 2 N–H and O–H groups in total. The molecule has 0 amide bonds. The molecule has 0 radical (unpaired) electrons. The maximum absolute atomic E-state index is 14.1. The van der Waals surface area contributed by atoms with E-state index in [1.165, 1.54) is 0 Å². The second-order valence-electron chi connectivity index (χ2n) is 6.09. The Morgan fingerprint density at radius 2 is 1.90 bits per heavy atom. The van der Waals surface area contributed by atoms with Crippen molar-refractivity contribution in [3.63, 3.8) is 0 Å². The van der Waals surface area contributed by atoms with Crippen molar-refractivity contribution in [2.45, 2.75) is 38.9 Å². The van der Waals surface area contributed by atoms with Gasteiger partial charge in [-0.1, -0.05) is 17.7 Å². The van der Waals surface area contributed by atoms with Crippen LogP contribution in [0.4, 0.5) is 4.39 Å². The third-order valence-corrected chi connectivity index (χ3v) is 4.56. The molecule has 1 saturated heterocycles. The average molecular weight is 279 g/mol. The molecule has 0 spiro atoms. The third kappa shape index (κ3) is 3.03. The second-order valence-corrected chi connectivity index (χ2v) is 6.09. The largest absolute Gasteiger partial charge is 0.329 e. The van der Waals surface area contributed by atoms with Gasteiger partial charge in [-0.3, -0.25) is 9.80 Å². The van der Waals surface area contributed by atoms with E-state index in [1.54, 1.807) is 6.07 Å². The third-order valence-electron chi connectivity index (χ3n) is 4.56. The minimum atomic E-state index is -0.148. The Kier molecular flexibility index (Phi) is 4.78. The number of benzene rings is 1. The summed E-state index contributed by atoms with van der Waals surface area (Å²) in [4.78, 5) is 4.70. The summed E-state index contributed by atoms with van der Waals surface area (Å²) in [6.07, 6.45) is 0. The first-order chi connectivity index (χ1) is 9.43. The maximum Gasteiger partial charge on any atom is 0.128 e. The van der Waals surface area contributed by atoms with Gasteiger partial charge in [0.1, 0.15) is 5.82 Å². The lowest BCUT2D eigenvalue weighted by Crippen LogP contribution is -2.56. The van der Waals surface area contributed by atoms with Crippen LogP contribution in [0.3, 0.4) is 0 Å². The summed E-state index contributed by atoms with van der Waals surface area (Å²) >= 11 is 0. The van der Waals surface area contributed by atoms with Gasteiger partial charge < -0.3 is 5.73 Å². The summed E-state index contributed by atoms with van der Waals surface area (Å²) in [5.74, 6) is -0.148. The van der Waals surface area contributed by atoms with Gasteiger partial charge >= 0.3 is 0 Å². The maximum atomic E-state index is 14.1. The van der Waals surface area contributed by atoms with Crippen molar-refractivity contribution >= 4 is 0 Å². The molecule has 0 saturated carbocycles. The number of likely N-dealkylation sites (N-methyl/N-ethyl adjacent to an activating group) is 1. The van der Waals surface area contributed by atoms with Crippen LogP contribution in [0.15, 0.2) is 18.2 Å². The highest BCUT2D eigenvalue weighted by Gasteiger charge is 2.31. The normalized spacial score (nSPS) is 26.7. The van der Waals surface area contributed by atoms with Crippen LogP contribution < -0.4 is 5.73 Å². The van der Waals surface area contributed by atoms with E-state index in [2.05, 4.69) is 30.7 Å². The minimum Gasteiger partial charge on any atom is -0.329 e. The molecular formula is C16H26FN3. The summed E-state index contributed by atoms with van der Waals surface area (Å²) in [7, 11) is 2.15. The standard InChI is InChI=1S/C16H26FN3/c1-11-5-6-15(17)14(7-11)16(8-18)20-9-12(2)19(4)13(3)10-20/h5-7,12-13,16H,8-10,18H2,1-4H3. The molecule has 1 aliphatic rings. The zero-order valence-corrected chi connectivity index (χ0v) is 12.9. The Labute approximate surface area is 121 Å². The fourth-order valence-electron chi connectivity index (χ4n) is 3.09. The van der Waals surface area contributed by atoms with Crippen LogP contribution in [0, 0.1) is 12.7 Å². The lowest BCUT2D eigenvalue weighted by molar-refractivity contribution is 0.0343. The van der Waals surface area contributed by atoms with Crippen LogP contribution in [0.2, 0.25) is 0 Å². The molecule has 0 aliphatic carbocycles. The number of nitrogens with zero attached hydrogens (tertiary/aromatic N) is 2. The fraction of sp³-hybridized carbons (Fsp3) is 0.625. The van der Waals surface area contributed by atoms with Crippen LogP contribution in [0.1, 0.15) is 31.0 Å². The fourth-order valence-corrected chi connectivity index (χ4v) is 3.09. The highest BCUT2D eigenvalue weighted by molar-refractivity contribution is 5.27. The molecule has 0 bridgehead atoms. The van der Waals surface area contributed by atoms with E-state index in [4.69, 9.17) is 5.73 Å². The van der Waals surface area contributed by atoms with Gasteiger partial charge in [0.25, 0.3) is 0 Å². The molecule has 0 aromatic heterocycles. The Morgan fingerprint density at radius 3 is 2.45 bits per heavy atom. The quantitative estimate of drug-likeness (QED) is 0.920. The Balaban J connectivity index is 2.26. The molecule has 20 heavy (non-hydrogen) atoms. The summed E-state index contributed by atoms with van der Waals surface area (Å²) in [5.41, 5.74) is 7.77. The number of nitrogens with two attached hydrogens (primary N) is 1. The van der Waals surface area contributed by atoms with E-state index in [0.29, 0.717) is 18.6 Å². The smallest absolute Gasteiger partial charge is 0.128 e. The van der Waals surface area contributed by atoms with Crippen LogP contribution in [0.25, 0.3) is 0 Å². The van der Waals surface area contributed by atoms with E-state index in [-0.39, 0.29) is 11.9 Å². The Bertz CT molecular complexity index is 451. The molecule has 112 valence electrons. The number of piperazine rings is 1. The SMILES string of the molecule is Cc1ccc(F)c(C(CN)N2CC(C)N(C)C(C)C2)c1. The Morgan fingerprint density at radius 1 is 1.30 bits per heavy atom. The molecule has 3 unspecified atom stereocenters. The van der Waals surface area contributed by atoms with Gasteiger partial charge in [0, 0.05) is 37.3 Å². The molecule has 1 heterocycles. The summed E-state index contributed by atoms with van der Waals surface area (Å²) < 4.78 is 14.1. The molecular weight excluding hydrogens is 253 g/mol. The highest BCUT2D eigenvalue weighted by atomic mass is 19.1. The van der Waals surface area contributed by atoms with Crippen molar-refractivity contribution in [3.05, 3.63) is 35.1 Å². The van der Waals surface area contributed by atoms with Gasteiger partial charge in [0.2, 0.25) is 0 Å². The zero-order chi connectivity index (χ0) is 14.9. The predicted octanol–water partition coefficient (Wildman–Crippen LogP) is 2.16. The van der Waals surface area contributed by atoms with Crippen LogP contribution in [0.5, 0.6) is 0 Å². The zero-order valence-electron chi connectivity index (χ0n) is 12.9. The van der Waals surface area contributed by atoms with E-state index in [9.17, 15) is 4.39 Å². The number of hydrogen-bond donors (Lipinski definition) is 1. The molecule has 1 aliphatic heterocycles. The highest BCUT2D eigenvalue weighted by Crippen LogP contribution is 2.27. The summed E-state index contributed by atoms with van der Waals surface area (Å²) in [5, 5.41) is 0. The van der Waals surface area contributed by atoms with Crippen molar-refractivity contribution in [3.8, 4) is 0 Å². The first kappa shape index (κ1) is 15.4. The van der Waals surface area contributed by atoms with Crippen molar-refractivity contribution in [2.24, 2.45) is 5.73 Å².